The van der Waals surface area contributed by atoms with Gasteiger partial charge in [0.05, 0.1) is 17.3 Å². The van der Waals surface area contributed by atoms with E-state index in [1.54, 1.807) is 30.3 Å². The van der Waals surface area contributed by atoms with Gasteiger partial charge in [0.1, 0.15) is 6.54 Å². The van der Waals surface area contributed by atoms with E-state index in [1.165, 1.54) is 4.88 Å². The van der Waals surface area contributed by atoms with E-state index in [1.807, 2.05) is 24.3 Å². The van der Waals surface area contributed by atoms with Crippen molar-refractivity contribution in [1.29, 1.82) is 0 Å². The molecule has 0 radical (unpaired) electrons. The van der Waals surface area contributed by atoms with Gasteiger partial charge in [0.15, 0.2) is 5.96 Å². The first kappa shape index (κ1) is 24.7. The quantitative estimate of drug-likeness (QED) is 0.320. The molecule has 0 aliphatic carbocycles. The molecule has 1 aliphatic rings. The first-order valence-corrected chi connectivity index (χ1v) is 11.1. The van der Waals surface area contributed by atoms with Crippen LogP contribution in [0.2, 0.25) is 5.02 Å². The normalized spacial score (nSPS) is 16.6. The number of carbonyl (C=O) groups is 1. The molecule has 2 N–H and O–H groups in total. The molecule has 1 aromatic heterocycles. The van der Waals surface area contributed by atoms with Crippen molar-refractivity contribution in [2.45, 2.75) is 25.4 Å². The van der Waals surface area contributed by atoms with Crippen LogP contribution in [0.5, 0.6) is 0 Å². The fraction of sp³-hybridized carbons (Fsp3) is 0.429. The highest BCUT2D eigenvalue weighted by atomic mass is 127. The molecule has 2 aromatic rings. The molecule has 1 amide bonds. The molecule has 6 nitrogen and oxygen atoms in total. The number of aliphatic imine (C=N–C) groups is 1. The number of benzene rings is 1. The highest BCUT2D eigenvalue weighted by molar-refractivity contribution is 14.0. The van der Waals surface area contributed by atoms with Crippen molar-refractivity contribution in [3.8, 4) is 0 Å². The van der Waals surface area contributed by atoms with Gasteiger partial charge in [-0.1, -0.05) is 29.8 Å². The number of hydrogen-bond acceptors (Lipinski definition) is 4. The van der Waals surface area contributed by atoms with E-state index in [2.05, 4.69) is 38.0 Å². The Hall–Kier alpha value is -1.52. The highest BCUT2D eigenvalue weighted by Gasteiger charge is 2.22. The largest absolute Gasteiger partial charge is 0.368 e. The SMILES string of the molecule is CN(C)C(=O)CN=C(NCc1cccs1)NC1CCCN(c2ccccc2Cl)C1.I. The predicted molar refractivity (Wildman–Crippen MR) is 137 cm³/mol. The summed E-state index contributed by atoms with van der Waals surface area (Å²) < 4.78 is 0. The summed E-state index contributed by atoms with van der Waals surface area (Å²) in [4.78, 5) is 21.6. The number of thiophene rings is 1. The molecule has 1 atom stereocenters. The zero-order chi connectivity index (χ0) is 20.6. The number of carbonyl (C=O) groups excluding carboxylic acids is 1. The van der Waals surface area contributed by atoms with E-state index in [4.69, 9.17) is 11.6 Å². The smallest absolute Gasteiger partial charge is 0.243 e. The van der Waals surface area contributed by atoms with Gasteiger partial charge in [-0.3, -0.25) is 4.79 Å². The van der Waals surface area contributed by atoms with Gasteiger partial charge in [0.25, 0.3) is 0 Å². The van der Waals surface area contributed by atoms with E-state index < -0.39 is 0 Å². The summed E-state index contributed by atoms with van der Waals surface area (Å²) in [5.41, 5.74) is 1.06. The minimum Gasteiger partial charge on any atom is -0.368 e. The van der Waals surface area contributed by atoms with Gasteiger partial charge in [0, 0.05) is 38.1 Å². The minimum absolute atomic E-state index is 0. The molecule has 0 saturated carbocycles. The fourth-order valence-electron chi connectivity index (χ4n) is 3.24. The van der Waals surface area contributed by atoms with Gasteiger partial charge in [-0.15, -0.1) is 35.3 Å². The average molecular weight is 562 g/mol. The van der Waals surface area contributed by atoms with Gasteiger partial charge in [-0.05, 0) is 36.4 Å². The summed E-state index contributed by atoms with van der Waals surface area (Å²) in [5.74, 6) is 0.642. The molecule has 30 heavy (non-hydrogen) atoms. The molecule has 2 heterocycles. The summed E-state index contributed by atoms with van der Waals surface area (Å²) in [6.45, 7) is 2.62. The molecule has 0 spiro atoms. The Labute approximate surface area is 204 Å². The monoisotopic (exact) mass is 561 g/mol. The number of guanidine groups is 1. The number of hydrogen-bond donors (Lipinski definition) is 2. The zero-order valence-corrected chi connectivity index (χ0v) is 21.2. The summed E-state index contributed by atoms with van der Waals surface area (Å²) in [6.07, 6.45) is 2.11. The Morgan fingerprint density at radius 3 is 2.80 bits per heavy atom. The molecule has 3 rings (SSSR count). The molecule has 0 bridgehead atoms. The van der Waals surface area contributed by atoms with E-state index >= 15 is 0 Å². The van der Waals surface area contributed by atoms with Crippen molar-refractivity contribution in [3.05, 3.63) is 51.7 Å². The molecule has 1 unspecified atom stereocenters. The van der Waals surface area contributed by atoms with Crippen molar-refractivity contribution in [3.63, 3.8) is 0 Å². The third-order valence-electron chi connectivity index (χ3n) is 4.84. The van der Waals surface area contributed by atoms with E-state index in [0.29, 0.717) is 12.5 Å². The van der Waals surface area contributed by atoms with Crippen LogP contribution < -0.4 is 15.5 Å². The first-order valence-electron chi connectivity index (χ1n) is 9.80. The van der Waals surface area contributed by atoms with Crippen LogP contribution in [-0.2, 0) is 11.3 Å². The summed E-state index contributed by atoms with van der Waals surface area (Å²) in [5, 5.41) is 9.71. The molecule has 1 aliphatic heterocycles. The Bertz CT molecular complexity index is 831. The molecule has 1 fully saturated rings. The maximum atomic E-state index is 12.0. The lowest BCUT2D eigenvalue weighted by Gasteiger charge is -2.35. The maximum absolute atomic E-state index is 12.0. The van der Waals surface area contributed by atoms with Crippen molar-refractivity contribution in [2.75, 3.05) is 38.6 Å². The second kappa shape index (κ2) is 12.4. The average Bonchev–Trinajstić information content (AvgIpc) is 3.24. The molecule has 164 valence electrons. The van der Waals surface area contributed by atoms with E-state index in [0.717, 1.165) is 36.6 Å². The van der Waals surface area contributed by atoms with Crippen LogP contribution in [0, 0.1) is 0 Å². The van der Waals surface area contributed by atoms with Crippen LogP contribution in [0.25, 0.3) is 0 Å². The lowest BCUT2D eigenvalue weighted by Crippen LogP contribution is -2.51. The number of para-hydroxylation sites is 1. The third-order valence-corrected chi connectivity index (χ3v) is 6.03. The molecular formula is C21H29ClIN5OS. The number of anilines is 1. The van der Waals surface area contributed by atoms with Crippen LogP contribution in [0.15, 0.2) is 46.8 Å². The van der Waals surface area contributed by atoms with Crippen LogP contribution in [0.4, 0.5) is 5.69 Å². The van der Waals surface area contributed by atoms with E-state index in [9.17, 15) is 4.79 Å². The lowest BCUT2D eigenvalue weighted by molar-refractivity contribution is -0.127. The standard InChI is InChI=1S/C21H28ClN5OS.HI/c1-26(2)20(28)14-24-21(23-13-17-8-6-12-29-17)25-16-7-5-11-27(15-16)19-10-4-3-9-18(19)22;/h3-4,6,8-10,12,16H,5,7,11,13-15H2,1-2H3,(H2,23,24,25);1H. The van der Waals surface area contributed by atoms with Gasteiger partial charge in [-0.25, -0.2) is 4.99 Å². The lowest BCUT2D eigenvalue weighted by atomic mass is 10.0. The summed E-state index contributed by atoms with van der Waals surface area (Å²) in [6, 6.07) is 12.3. The Kier molecular flexibility index (Phi) is 10.2. The fourth-order valence-corrected chi connectivity index (χ4v) is 4.14. The number of nitrogens with zero attached hydrogens (tertiary/aromatic N) is 3. The summed E-state index contributed by atoms with van der Waals surface area (Å²) >= 11 is 8.09. The Morgan fingerprint density at radius 1 is 1.30 bits per heavy atom. The van der Waals surface area contributed by atoms with Crippen molar-refractivity contribution >= 4 is 64.5 Å². The minimum atomic E-state index is -0.0245. The zero-order valence-electron chi connectivity index (χ0n) is 17.3. The van der Waals surface area contributed by atoms with E-state index in [-0.39, 0.29) is 42.5 Å². The van der Waals surface area contributed by atoms with Crippen LogP contribution in [-0.4, -0.2) is 56.5 Å². The number of piperidine rings is 1. The second-order valence-corrected chi connectivity index (χ2v) is 8.71. The Morgan fingerprint density at radius 2 is 2.10 bits per heavy atom. The molecule has 1 saturated heterocycles. The number of amides is 1. The first-order chi connectivity index (χ1) is 14.0. The highest BCUT2D eigenvalue weighted by Crippen LogP contribution is 2.27. The number of likely N-dealkylation sites (N-methyl/N-ethyl adjacent to an activating group) is 1. The number of nitrogens with one attached hydrogen (secondary N) is 2. The predicted octanol–water partition coefficient (Wildman–Crippen LogP) is 3.81. The van der Waals surface area contributed by atoms with Gasteiger partial charge in [0.2, 0.25) is 5.91 Å². The number of rotatable bonds is 6. The van der Waals surface area contributed by atoms with Crippen LogP contribution >= 0.6 is 46.9 Å². The third kappa shape index (κ3) is 7.31. The number of halogens is 2. The maximum Gasteiger partial charge on any atom is 0.243 e. The van der Waals surface area contributed by atoms with Crippen molar-refractivity contribution in [1.82, 2.24) is 15.5 Å². The van der Waals surface area contributed by atoms with Crippen molar-refractivity contribution < 1.29 is 4.79 Å². The second-order valence-electron chi connectivity index (χ2n) is 7.27. The molecular weight excluding hydrogens is 533 g/mol. The van der Waals surface area contributed by atoms with Crippen LogP contribution in [0.1, 0.15) is 17.7 Å². The molecule has 9 heteroatoms. The van der Waals surface area contributed by atoms with Gasteiger partial charge in [-0.2, -0.15) is 0 Å². The summed E-state index contributed by atoms with van der Waals surface area (Å²) in [7, 11) is 3.49. The van der Waals surface area contributed by atoms with Crippen LogP contribution in [0.3, 0.4) is 0 Å². The van der Waals surface area contributed by atoms with Crippen molar-refractivity contribution in [2.24, 2.45) is 4.99 Å². The Balaban J connectivity index is 0.00000320. The molecule has 1 aromatic carbocycles. The topological polar surface area (TPSA) is 60.0 Å². The van der Waals surface area contributed by atoms with Gasteiger partial charge >= 0.3 is 0 Å². The van der Waals surface area contributed by atoms with Gasteiger partial charge < -0.3 is 20.4 Å².